The lowest BCUT2D eigenvalue weighted by atomic mass is 10.2. The second-order valence-corrected chi connectivity index (χ2v) is 5.34. The number of hydrogen-bond acceptors (Lipinski definition) is 4. The number of nitrogens with one attached hydrogen (secondary N) is 1. The van der Waals surface area contributed by atoms with Crippen LogP contribution < -0.4 is 5.32 Å². The molecule has 5 heteroatoms. The molecular formula is C13H21ClN4. The Bertz CT molecular complexity index is 391. The zero-order valence-corrected chi connectivity index (χ0v) is 11.9. The molecule has 0 aliphatic heterocycles. The van der Waals surface area contributed by atoms with Crippen molar-refractivity contribution in [1.82, 2.24) is 14.9 Å². The van der Waals surface area contributed by atoms with Gasteiger partial charge in [-0.25, -0.2) is 9.97 Å². The molecule has 1 aliphatic carbocycles. The molecule has 0 saturated heterocycles. The molecule has 1 N–H and O–H groups in total. The Hall–Kier alpha value is -0.870. The van der Waals surface area contributed by atoms with E-state index in [1.165, 1.54) is 32.0 Å². The Morgan fingerprint density at radius 1 is 1.39 bits per heavy atom. The number of halogens is 1. The monoisotopic (exact) mass is 268 g/mol. The first-order valence-corrected chi connectivity index (χ1v) is 6.97. The molecule has 4 nitrogen and oxygen atoms in total. The molecule has 0 spiro atoms. The first-order chi connectivity index (χ1) is 8.68. The van der Waals surface area contributed by atoms with E-state index in [4.69, 9.17) is 11.6 Å². The molecule has 1 heterocycles. The van der Waals surface area contributed by atoms with Gasteiger partial charge in [0.25, 0.3) is 0 Å². The molecule has 1 aromatic rings. The van der Waals surface area contributed by atoms with E-state index < -0.39 is 0 Å². The quantitative estimate of drug-likeness (QED) is 0.834. The number of rotatable bonds is 5. The molecule has 0 aromatic carbocycles. The fraction of sp³-hybridized carbons (Fsp3) is 0.692. The molecule has 18 heavy (non-hydrogen) atoms. The van der Waals surface area contributed by atoms with Crippen LogP contribution in [0.15, 0.2) is 6.33 Å². The SMILES string of the molecule is Cc1c(Cl)ncnc1NCCN(C)C1CCCC1. The Kier molecular flexibility index (Phi) is 4.78. The van der Waals surface area contributed by atoms with Gasteiger partial charge in [-0.2, -0.15) is 0 Å². The molecule has 100 valence electrons. The third-order valence-electron chi connectivity index (χ3n) is 3.73. The average molecular weight is 269 g/mol. The summed E-state index contributed by atoms with van der Waals surface area (Å²) in [6.07, 6.45) is 6.94. The first-order valence-electron chi connectivity index (χ1n) is 6.59. The van der Waals surface area contributed by atoms with Crippen LogP contribution >= 0.6 is 11.6 Å². The van der Waals surface area contributed by atoms with Crippen molar-refractivity contribution in [3.8, 4) is 0 Å². The van der Waals surface area contributed by atoms with E-state index in [1.807, 2.05) is 6.92 Å². The summed E-state index contributed by atoms with van der Waals surface area (Å²) in [5.41, 5.74) is 0.919. The Morgan fingerprint density at radius 3 is 2.83 bits per heavy atom. The van der Waals surface area contributed by atoms with E-state index in [0.29, 0.717) is 5.15 Å². The standard InChI is InChI=1S/C13H21ClN4/c1-10-12(14)16-9-17-13(10)15-7-8-18(2)11-5-3-4-6-11/h9,11H,3-8H2,1-2H3,(H,15,16,17). The van der Waals surface area contributed by atoms with Crippen molar-refractivity contribution in [2.24, 2.45) is 0 Å². The van der Waals surface area contributed by atoms with E-state index in [-0.39, 0.29) is 0 Å². The van der Waals surface area contributed by atoms with Gasteiger partial charge in [-0.05, 0) is 26.8 Å². The third kappa shape index (κ3) is 3.33. The minimum Gasteiger partial charge on any atom is -0.368 e. The van der Waals surface area contributed by atoms with Crippen LogP contribution in [0, 0.1) is 6.92 Å². The predicted octanol–water partition coefficient (Wildman–Crippen LogP) is 2.72. The summed E-state index contributed by atoms with van der Waals surface area (Å²) in [5.74, 6) is 0.842. The van der Waals surface area contributed by atoms with Crippen molar-refractivity contribution in [3.05, 3.63) is 17.0 Å². The molecule has 1 saturated carbocycles. The highest BCUT2D eigenvalue weighted by Gasteiger charge is 2.18. The van der Waals surface area contributed by atoms with Gasteiger partial charge >= 0.3 is 0 Å². The highest BCUT2D eigenvalue weighted by molar-refractivity contribution is 6.30. The normalized spacial score (nSPS) is 16.4. The van der Waals surface area contributed by atoms with E-state index in [9.17, 15) is 0 Å². The maximum atomic E-state index is 5.96. The van der Waals surface area contributed by atoms with Crippen molar-refractivity contribution in [2.45, 2.75) is 38.6 Å². The Balaban J connectivity index is 1.79. The first kappa shape index (κ1) is 13.6. The lowest BCUT2D eigenvalue weighted by Crippen LogP contribution is -2.33. The number of nitrogens with zero attached hydrogens (tertiary/aromatic N) is 3. The lowest BCUT2D eigenvalue weighted by Gasteiger charge is -2.24. The molecule has 0 amide bonds. The van der Waals surface area contributed by atoms with Crippen LogP contribution in [0.5, 0.6) is 0 Å². The van der Waals surface area contributed by atoms with Crippen molar-refractivity contribution in [1.29, 1.82) is 0 Å². The second-order valence-electron chi connectivity index (χ2n) is 4.98. The van der Waals surface area contributed by atoms with Gasteiger partial charge in [0.1, 0.15) is 17.3 Å². The van der Waals surface area contributed by atoms with E-state index in [2.05, 4.69) is 27.2 Å². The second kappa shape index (κ2) is 6.34. The largest absolute Gasteiger partial charge is 0.368 e. The van der Waals surface area contributed by atoms with Crippen molar-refractivity contribution >= 4 is 17.4 Å². The van der Waals surface area contributed by atoms with E-state index >= 15 is 0 Å². The Labute approximate surface area is 114 Å². The van der Waals surface area contributed by atoms with Gasteiger partial charge in [0, 0.05) is 24.7 Å². The van der Waals surface area contributed by atoms with E-state index in [1.54, 1.807) is 0 Å². The Morgan fingerprint density at radius 2 is 2.11 bits per heavy atom. The summed E-state index contributed by atoms with van der Waals surface area (Å²) in [6, 6.07) is 0.766. The maximum absolute atomic E-state index is 5.96. The molecule has 0 bridgehead atoms. The van der Waals surface area contributed by atoms with Gasteiger partial charge in [-0.3, -0.25) is 0 Å². The van der Waals surface area contributed by atoms with Crippen LogP contribution in [0.3, 0.4) is 0 Å². The van der Waals surface area contributed by atoms with Gasteiger partial charge in [-0.1, -0.05) is 24.4 Å². The van der Waals surface area contributed by atoms with Gasteiger partial charge in [-0.15, -0.1) is 0 Å². The van der Waals surface area contributed by atoms with Crippen LogP contribution in [0.2, 0.25) is 5.15 Å². The molecule has 0 atom stereocenters. The van der Waals surface area contributed by atoms with Gasteiger partial charge in [0.05, 0.1) is 0 Å². The average Bonchev–Trinajstić information content (AvgIpc) is 2.88. The summed E-state index contributed by atoms with van der Waals surface area (Å²) < 4.78 is 0. The molecule has 1 fully saturated rings. The molecule has 1 aliphatic rings. The van der Waals surface area contributed by atoms with Crippen molar-refractivity contribution in [3.63, 3.8) is 0 Å². The molecule has 1 aromatic heterocycles. The van der Waals surface area contributed by atoms with Crippen molar-refractivity contribution in [2.75, 3.05) is 25.5 Å². The highest BCUT2D eigenvalue weighted by Crippen LogP contribution is 2.22. The van der Waals surface area contributed by atoms with Crippen LogP contribution in [-0.2, 0) is 0 Å². The molecule has 0 unspecified atom stereocenters. The zero-order chi connectivity index (χ0) is 13.0. The number of anilines is 1. The summed E-state index contributed by atoms with van der Waals surface area (Å²) in [4.78, 5) is 10.6. The predicted molar refractivity (Wildman–Crippen MR) is 75.2 cm³/mol. The fourth-order valence-corrected chi connectivity index (χ4v) is 2.62. The smallest absolute Gasteiger partial charge is 0.137 e. The third-order valence-corrected chi connectivity index (χ3v) is 4.11. The van der Waals surface area contributed by atoms with Crippen LogP contribution in [0.1, 0.15) is 31.2 Å². The highest BCUT2D eigenvalue weighted by atomic mass is 35.5. The maximum Gasteiger partial charge on any atom is 0.137 e. The van der Waals surface area contributed by atoms with Crippen LogP contribution in [0.25, 0.3) is 0 Å². The van der Waals surface area contributed by atoms with Gasteiger partial charge in [0.2, 0.25) is 0 Å². The number of hydrogen-bond donors (Lipinski definition) is 1. The number of likely N-dealkylation sites (N-methyl/N-ethyl adjacent to an activating group) is 1. The molecule has 0 radical (unpaired) electrons. The van der Waals surface area contributed by atoms with Crippen LogP contribution in [0.4, 0.5) is 5.82 Å². The van der Waals surface area contributed by atoms with E-state index in [0.717, 1.165) is 30.5 Å². The van der Waals surface area contributed by atoms with Gasteiger partial charge in [0.15, 0.2) is 0 Å². The number of aromatic nitrogens is 2. The minimum absolute atomic E-state index is 0.525. The lowest BCUT2D eigenvalue weighted by molar-refractivity contribution is 0.254. The minimum atomic E-state index is 0.525. The molecular weight excluding hydrogens is 248 g/mol. The summed E-state index contributed by atoms with van der Waals surface area (Å²) in [6.45, 7) is 3.86. The summed E-state index contributed by atoms with van der Waals surface area (Å²) >= 11 is 5.96. The summed E-state index contributed by atoms with van der Waals surface area (Å²) in [7, 11) is 2.21. The summed E-state index contributed by atoms with van der Waals surface area (Å²) in [5, 5.41) is 3.86. The van der Waals surface area contributed by atoms with Gasteiger partial charge < -0.3 is 10.2 Å². The molecule has 2 rings (SSSR count). The van der Waals surface area contributed by atoms with Crippen LogP contribution in [-0.4, -0.2) is 41.0 Å². The topological polar surface area (TPSA) is 41.1 Å². The fourth-order valence-electron chi connectivity index (χ4n) is 2.49. The van der Waals surface area contributed by atoms with Crippen molar-refractivity contribution < 1.29 is 0 Å². The zero-order valence-electron chi connectivity index (χ0n) is 11.1.